The van der Waals surface area contributed by atoms with Crippen molar-refractivity contribution in [2.75, 3.05) is 27.2 Å². The maximum absolute atomic E-state index is 11.3. The zero-order chi connectivity index (χ0) is 14.5. The zero-order valence-electron chi connectivity index (χ0n) is 12.2. The minimum absolute atomic E-state index is 0.102. The van der Waals surface area contributed by atoms with Crippen LogP contribution in [-0.2, 0) is 4.79 Å². The molecule has 1 rings (SSSR count). The lowest BCUT2D eigenvalue weighted by Crippen LogP contribution is -2.55. The van der Waals surface area contributed by atoms with E-state index in [2.05, 4.69) is 36.6 Å². The number of nitrogens with zero attached hydrogens (tertiary/aromatic N) is 1. The quantitative estimate of drug-likeness (QED) is 0.669. The number of amides is 3. The molecular formula is C13H26N4O2. The second-order valence-electron chi connectivity index (χ2n) is 5.84. The lowest BCUT2D eigenvalue weighted by atomic mass is 9.75. The summed E-state index contributed by atoms with van der Waals surface area (Å²) < 4.78 is 0. The van der Waals surface area contributed by atoms with E-state index < -0.39 is 6.03 Å². The highest BCUT2D eigenvalue weighted by Gasteiger charge is 2.36. The Morgan fingerprint density at radius 1 is 1.42 bits per heavy atom. The molecule has 2 unspecified atom stereocenters. The Kier molecular flexibility index (Phi) is 5.75. The third kappa shape index (κ3) is 4.80. The minimum atomic E-state index is -0.805. The van der Waals surface area contributed by atoms with E-state index in [4.69, 9.17) is 5.73 Å². The molecule has 6 heteroatoms. The molecule has 0 aliphatic heterocycles. The predicted octanol–water partition coefficient (Wildman–Crippen LogP) is 0.281. The van der Waals surface area contributed by atoms with Crippen molar-refractivity contribution < 1.29 is 9.59 Å². The zero-order valence-corrected chi connectivity index (χ0v) is 12.2. The highest BCUT2D eigenvalue weighted by atomic mass is 16.2. The molecule has 3 amide bonds. The molecule has 1 aliphatic rings. The highest BCUT2D eigenvalue weighted by molar-refractivity contribution is 5.94. The Morgan fingerprint density at radius 2 is 2.11 bits per heavy atom. The van der Waals surface area contributed by atoms with Gasteiger partial charge < -0.3 is 16.0 Å². The Morgan fingerprint density at radius 3 is 2.63 bits per heavy atom. The second kappa shape index (κ2) is 6.86. The lowest BCUT2D eigenvalue weighted by molar-refractivity contribution is -0.119. The number of hydrogen-bond acceptors (Lipinski definition) is 4. The molecule has 0 radical (unpaired) electrons. The van der Waals surface area contributed by atoms with E-state index >= 15 is 0 Å². The summed E-state index contributed by atoms with van der Waals surface area (Å²) in [5, 5.41) is 5.20. The summed E-state index contributed by atoms with van der Waals surface area (Å²) in [6.45, 7) is 3.14. The van der Waals surface area contributed by atoms with Crippen LogP contribution >= 0.6 is 0 Å². The molecule has 0 spiro atoms. The van der Waals surface area contributed by atoms with Crippen LogP contribution < -0.4 is 16.4 Å². The first kappa shape index (κ1) is 15.9. The Balaban J connectivity index is 2.46. The van der Waals surface area contributed by atoms with E-state index in [1.165, 1.54) is 12.8 Å². The molecule has 4 N–H and O–H groups in total. The Bertz CT molecular complexity index is 333. The monoisotopic (exact) mass is 270 g/mol. The van der Waals surface area contributed by atoms with Crippen LogP contribution in [0, 0.1) is 5.92 Å². The molecule has 2 atom stereocenters. The maximum Gasteiger partial charge on any atom is 0.318 e. The number of carbonyl (C=O) groups is 2. The van der Waals surface area contributed by atoms with Crippen molar-refractivity contribution in [3.05, 3.63) is 0 Å². The molecule has 1 fully saturated rings. The number of primary amides is 1. The third-order valence-electron chi connectivity index (χ3n) is 4.02. The molecule has 0 aromatic carbocycles. The van der Waals surface area contributed by atoms with Crippen LogP contribution in [0.4, 0.5) is 4.79 Å². The summed E-state index contributed by atoms with van der Waals surface area (Å²) in [6, 6.07) is -0.805. The number of nitrogens with two attached hydrogens (primary N) is 1. The van der Waals surface area contributed by atoms with Crippen molar-refractivity contribution in [2.45, 2.75) is 38.1 Å². The molecule has 19 heavy (non-hydrogen) atoms. The normalized spacial score (nSPS) is 27.3. The van der Waals surface area contributed by atoms with Gasteiger partial charge in [0.25, 0.3) is 0 Å². The van der Waals surface area contributed by atoms with E-state index in [0.29, 0.717) is 5.92 Å². The first-order valence-electron chi connectivity index (χ1n) is 6.83. The molecule has 0 aromatic heterocycles. The number of likely N-dealkylation sites (N-methyl/N-ethyl adjacent to an activating group) is 1. The van der Waals surface area contributed by atoms with Crippen LogP contribution in [0.5, 0.6) is 0 Å². The molecule has 1 aliphatic carbocycles. The minimum Gasteiger partial charge on any atom is -0.351 e. The van der Waals surface area contributed by atoms with Crippen molar-refractivity contribution in [1.29, 1.82) is 0 Å². The summed E-state index contributed by atoms with van der Waals surface area (Å²) in [4.78, 5) is 24.1. The van der Waals surface area contributed by atoms with E-state index in [1.54, 1.807) is 0 Å². The molecule has 110 valence electrons. The summed E-state index contributed by atoms with van der Waals surface area (Å²) in [5.41, 5.74) is 5.00. The Hall–Kier alpha value is -1.14. The van der Waals surface area contributed by atoms with Gasteiger partial charge in [-0.3, -0.25) is 10.1 Å². The first-order chi connectivity index (χ1) is 8.85. The number of nitrogens with one attached hydrogen (secondary N) is 2. The van der Waals surface area contributed by atoms with Gasteiger partial charge in [0, 0.05) is 12.1 Å². The molecule has 0 heterocycles. The van der Waals surface area contributed by atoms with Crippen LogP contribution in [0.2, 0.25) is 0 Å². The average Bonchev–Trinajstić information content (AvgIpc) is 2.27. The van der Waals surface area contributed by atoms with Crippen LogP contribution in [0.1, 0.15) is 32.6 Å². The maximum atomic E-state index is 11.3. The van der Waals surface area contributed by atoms with Gasteiger partial charge in [-0.1, -0.05) is 19.8 Å². The fourth-order valence-electron chi connectivity index (χ4n) is 2.95. The summed E-state index contributed by atoms with van der Waals surface area (Å²) >= 11 is 0. The summed E-state index contributed by atoms with van der Waals surface area (Å²) in [6.07, 6.45) is 4.76. The number of urea groups is 1. The fourth-order valence-corrected chi connectivity index (χ4v) is 2.95. The molecule has 1 saturated carbocycles. The predicted molar refractivity (Wildman–Crippen MR) is 74.6 cm³/mol. The molecular weight excluding hydrogens is 244 g/mol. The molecule has 0 aromatic rings. The molecule has 6 nitrogen and oxygen atoms in total. The van der Waals surface area contributed by atoms with Gasteiger partial charge >= 0.3 is 6.03 Å². The van der Waals surface area contributed by atoms with Gasteiger partial charge in [-0.2, -0.15) is 0 Å². The van der Waals surface area contributed by atoms with Crippen LogP contribution in [0.3, 0.4) is 0 Å². The number of hydrogen-bond donors (Lipinski definition) is 3. The van der Waals surface area contributed by atoms with Crippen molar-refractivity contribution >= 4 is 11.9 Å². The van der Waals surface area contributed by atoms with Gasteiger partial charge in [-0.25, -0.2) is 4.79 Å². The van der Waals surface area contributed by atoms with Gasteiger partial charge in [0.1, 0.15) is 0 Å². The number of rotatable bonds is 5. The van der Waals surface area contributed by atoms with Gasteiger partial charge in [-0.15, -0.1) is 0 Å². The largest absolute Gasteiger partial charge is 0.351 e. The van der Waals surface area contributed by atoms with Crippen molar-refractivity contribution in [3.63, 3.8) is 0 Å². The first-order valence-corrected chi connectivity index (χ1v) is 6.83. The SMILES string of the molecule is CC1CCCC(CNCC(=O)NC(N)=O)(N(C)C)C1. The summed E-state index contributed by atoms with van der Waals surface area (Å²) in [7, 11) is 4.17. The van der Waals surface area contributed by atoms with Crippen molar-refractivity contribution in [1.82, 2.24) is 15.5 Å². The van der Waals surface area contributed by atoms with Gasteiger partial charge in [0.2, 0.25) is 5.91 Å². The van der Waals surface area contributed by atoms with E-state index in [-0.39, 0.29) is 18.0 Å². The van der Waals surface area contributed by atoms with Gasteiger partial charge in [0.05, 0.1) is 6.54 Å². The Labute approximate surface area is 115 Å². The second-order valence-corrected chi connectivity index (χ2v) is 5.84. The average molecular weight is 270 g/mol. The van der Waals surface area contributed by atoms with Gasteiger partial charge in [-0.05, 0) is 32.9 Å². The van der Waals surface area contributed by atoms with E-state index in [9.17, 15) is 9.59 Å². The van der Waals surface area contributed by atoms with E-state index in [1.807, 2.05) is 0 Å². The molecule has 0 saturated heterocycles. The van der Waals surface area contributed by atoms with Crippen LogP contribution in [0.15, 0.2) is 0 Å². The number of imide groups is 1. The van der Waals surface area contributed by atoms with Crippen molar-refractivity contribution in [3.8, 4) is 0 Å². The van der Waals surface area contributed by atoms with E-state index in [0.717, 1.165) is 19.4 Å². The number of carbonyl (C=O) groups excluding carboxylic acids is 2. The third-order valence-corrected chi connectivity index (χ3v) is 4.02. The fraction of sp³-hybridized carbons (Fsp3) is 0.846. The topological polar surface area (TPSA) is 87.5 Å². The van der Waals surface area contributed by atoms with Crippen molar-refractivity contribution in [2.24, 2.45) is 11.7 Å². The standard InChI is InChI=1S/C13H26N4O2/c1-10-5-4-6-13(7-10,17(2)3)9-15-8-11(18)16-12(14)19/h10,15H,4-9H2,1-3H3,(H3,14,16,18,19). The van der Waals surface area contributed by atoms with Crippen LogP contribution in [-0.4, -0.2) is 49.6 Å². The molecule has 0 bridgehead atoms. The van der Waals surface area contributed by atoms with Crippen LogP contribution in [0.25, 0.3) is 0 Å². The lowest BCUT2D eigenvalue weighted by Gasteiger charge is -2.45. The highest BCUT2D eigenvalue weighted by Crippen LogP contribution is 2.35. The van der Waals surface area contributed by atoms with Gasteiger partial charge in [0.15, 0.2) is 0 Å². The smallest absolute Gasteiger partial charge is 0.318 e. The summed E-state index contributed by atoms with van der Waals surface area (Å²) in [5.74, 6) is 0.322.